The average Bonchev–Trinajstić information content (AvgIpc) is 3.29. The summed E-state index contributed by atoms with van der Waals surface area (Å²) in [7, 11) is 0. The molecule has 4 heterocycles. The minimum absolute atomic E-state index is 0.0861. The van der Waals surface area contributed by atoms with Gasteiger partial charge in [0.05, 0.1) is 10.9 Å². The van der Waals surface area contributed by atoms with Gasteiger partial charge in [0, 0.05) is 56.4 Å². The molecule has 0 unspecified atom stereocenters. The Morgan fingerprint density at radius 1 is 1.24 bits per heavy atom. The van der Waals surface area contributed by atoms with Gasteiger partial charge < -0.3 is 19.8 Å². The number of nitrogens with one attached hydrogen (secondary N) is 2. The van der Waals surface area contributed by atoms with E-state index in [4.69, 9.17) is 0 Å². The quantitative estimate of drug-likeness (QED) is 0.683. The van der Waals surface area contributed by atoms with Crippen LogP contribution in [0.25, 0.3) is 10.9 Å². The summed E-state index contributed by atoms with van der Waals surface area (Å²) in [6.07, 6.45) is 6.38. The van der Waals surface area contributed by atoms with E-state index in [0.717, 1.165) is 31.6 Å². The maximum Gasteiger partial charge on any atom is 0.289 e. The van der Waals surface area contributed by atoms with E-state index in [1.165, 1.54) is 0 Å². The van der Waals surface area contributed by atoms with Gasteiger partial charge in [-0.25, -0.2) is 15.0 Å². The Morgan fingerprint density at radius 3 is 2.66 bits per heavy atom. The molecule has 0 atom stereocenters. The van der Waals surface area contributed by atoms with Crippen molar-refractivity contribution in [2.45, 2.75) is 32.6 Å². The fourth-order valence-corrected chi connectivity index (χ4v) is 3.86. The van der Waals surface area contributed by atoms with Crippen molar-refractivity contribution in [3.63, 3.8) is 0 Å². The largest absolute Gasteiger partial charge is 0.341 e. The first-order valence-corrected chi connectivity index (χ1v) is 10.0. The van der Waals surface area contributed by atoms with Gasteiger partial charge in [-0.2, -0.15) is 0 Å². The number of nitrogens with zero attached hydrogens (tertiary/aromatic N) is 5. The summed E-state index contributed by atoms with van der Waals surface area (Å²) in [6.45, 7) is 6.97. The van der Waals surface area contributed by atoms with Crippen LogP contribution in [0.3, 0.4) is 0 Å². The third kappa shape index (κ3) is 3.72. The number of piperidine rings is 1. The van der Waals surface area contributed by atoms with Gasteiger partial charge >= 0.3 is 0 Å². The standard InChI is InChI=1S/C20H25N7O2/c1-3-26(4-2)20-23-12-14-16(25-20)11-15(24-18(14)28)13-5-9-27(10-6-13)19(29)17-21-7-8-22-17/h7-8,11-13H,3-6,9-10H2,1-2H3,(H,21,22)(H,24,28). The Balaban J connectivity index is 1.55. The topological polar surface area (TPSA) is 111 Å². The number of H-pyrrole nitrogens is 2. The molecule has 29 heavy (non-hydrogen) atoms. The molecule has 2 N–H and O–H groups in total. The van der Waals surface area contributed by atoms with Crippen molar-refractivity contribution in [1.29, 1.82) is 0 Å². The maximum absolute atomic E-state index is 12.6. The summed E-state index contributed by atoms with van der Waals surface area (Å²) >= 11 is 0. The number of anilines is 1. The van der Waals surface area contributed by atoms with Gasteiger partial charge in [-0.3, -0.25) is 9.59 Å². The predicted molar refractivity (Wildman–Crippen MR) is 110 cm³/mol. The molecule has 3 aromatic rings. The van der Waals surface area contributed by atoms with E-state index < -0.39 is 0 Å². The van der Waals surface area contributed by atoms with Crippen molar-refractivity contribution < 1.29 is 4.79 Å². The second-order valence-electron chi connectivity index (χ2n) is 7.20. The lowest BCUT2D eigenvalue weighted by atomic mass is 9.92. The molecule has 1 amide bonds. The van der Waals surface area contributed by atoms with Crippen molar-refractivity contribution in [3.8, 4) is 0 Å². The van der Waals surface area contributed by atoms with E-state index in [1.54, 1.807) is 23.5 Å². The summed E-state index contributed by atoms with van der Waals surface area (Å²) in [6, 6.07) is 1.96. The lowest BCUT2D eigenvalue weighted by Gasteiger charge is -2.31. The highest BCUT2D eigenvalue weighted by atomic mass is 16.2. The number of rotatable bonds is 5. The summed E-state index contributed by atoms with van der Waals surface area (Å²) < 4.78 is 0. The van der Waals surface area contributed by atoms with Crippen LogP contribution in [0.1, 0.15) is 48.9 Å². The Morgan fingerprint density at radius 2 is 2.00 bits per heavy atom. The van der Waals surface area contributed by atoms with Crippen LogP contribution in [-0.4, -0.2) is 61.9 Å². The Kier molecular flexibility index (Phi) is 5.28. The number of hydrogen-bond acceptors (Lipinski definition) is 6. The molecule has 0 spiro atoms. The zero-order chi connectivity index (χ0) is 20.4. The van der Waals surface area contributed by atoms with E-state index in [-0.39, 0.29) is 17.4 Å². The molecule has 1 aliphatic rings. The number of likely N-dealkylation sites (tertiary alicyclic amines) is 1. The monoisotopic (exact) mass is 395 g/mol. The summed E-state index contributed by atoms with van der Waals surface area (Å²) in [5, 5.41) is 0.495. The highest BCUT2D eigenvalue weighted by molar-refractivity contribution is 5.90. The fraction of sp³-hybridized carbons (Fsp3) is 0.450. The first kappa shape index (κ1) is 19.1. The molecular formula is C20H25N7O2. The number of carbonyl (C=O) groups is 1. The first-order valence-electron chi connectivity index (χ1n) is 10.0. The molecule has 0 bridgehead atoms. The molecule has 1 aliphatic heterocycles. The van der Waals surface area contributed by atoms with Crippen LogP contribution < -0.4 is 10.5 Å². The SMILES string of the molecule is CCN(CC)c1ncc2c(=O)[nH]c(C3CCN(C(=O)c4ncc[nH]4)CC3)cc2n1. The Hall–Kier alpha value is -3.23. The lowest BCUT2D eigenvalue weighted by Crippen LogP contribution is -2.38. The maximum atomic E-state index is 12.6. The summed E-state index contributed by atoms with van der Waals surface area (Å²) in [5.74, 6) is 1.10. The second kappa shape index (κ2) is 8.02. The molecule has 0 aromatic carbocycles. The van der Waals surface area contributed by atoms with Gasteiger partial charge in [-0.15, -0.1) is 0 Å². The summed E-state index contributed by atoms with van der Waals surface area (Å²) in [5.41, 5.74) is 1.37. The van der Waals surface area contributed by atoms with Crippen LogP contribution in [0.5, 0.6) is 0 Å². The molecule has 9 nitrogen and oxygen atoms in total. The van der Waals surface area contributed by atoms with Crippen molar-refractivity contribution >= 4 is 22.8 Å². The molecule has 3 aromatic heterocycles. The molecule has 9 heteroatoms. The zero-order valence-corrected chi connectivity index (χ0v) is 16.7. The van der Waals surface area contributed by atoms with E-state index >= 15 is 0 Å². The number of carbonyl (C=O) groups excluding carboxylic acids is 1. The van der Waals surface area contributed by atoms with Gasteiger partial charge in [0.2, 0.25) is 5.95 Å². The molecule has 152 valence electrons. The summed E-state index contributed by atoms with van der Waals surface area (Å²) in [4.78, 5) is 47.7. The zero-order valence-electron chi connectivity index (χ0n) is 16.7. The number of pyridine rings is 1. The third-order valence-corrected chi connectivity index (χ3v) is 5.57. The third-order valence-electron chi connectivity index (χ3n) is 5.57. The average molecular weight is 395 g/mol. The molecular weight excluding hydrogens is 370 g/mol. The number of aromatic amines is 2. The van der Waals surface area contributed by atoms with E-state index in [1.807, 2.05) is 6.07 Å². The second-order valence-corrected chi connectivity index (χ2v) is 7.20. The van der Waals surface area contributed by atoms with Gasteiger partial charge in [-0.05, 0) is 32.8 Å². The molecule has 0 aliphatic carbocycles. The fourth-order valence-electron chi connectivity index (χ4n) is 3.86. The van der Waals surface area contributed by atoms with Crippen molar-refractivity contribution in [1.82, 2.24) is 29.8 Å². The van der Waals surface area contributed by atoms with E-state index in [9.17, 15) is 9.59 Å². The van der Waals surface area contributed by atoms with Crippen LogP contribution in [-0.2, 0) is 0 Å². The highest BCUT2D eigenvalue weighted by Gasteiger charge is 2.26. The normalized spacial score (nSPS) is 15.0. The predicted octanol–water partition coefficient (Wildman–Crippen LogP) is 1.91. The first-order chi connectivity index (χ1) is 14.1. The molecule has 1 fully saturated rings. The van der Waals surface area contributed by atoms with Gasteiger partial charge in [0.25, 0.3) is 11.5 Å². The van der Waals surface area contributed by atoms with Crippen molar-refractivity contribution in [2.24, 2.45) is 0 Å². The minimum atomic E-state index is -0.169. The number of hydrogen-bond donors (Lipinski definition) is 2. The molecule has 1 saturated heterocycles. The van der Waals surface area contributed by atoms with Gasteiger partial charge in [0.15, 0.2) is 5.82 Å². The van der Waals surface area contributed by atoms with E-state index in [0.29, 0.717) is 35.8 Å². The van der Waals surface area contributed by atoms with Gasteiger partial charge in [0.1, 0.15) is 0 Å². The Labute approximate surface area is 168 Å². The number of amides is 1. The van der Waals surface area contributed by atoms with Crippen LogP contribution in [0.2, 0.25) is 0 Å². The number of aromatic nitrogens is 5. The molecule has 0 radical (unpaired) electrons. The smallest absolute Gasteiger partial charge is 0.289 e. The molecule has 0 saturated carbocycles. The van der Waals surface area contributed by atoms with Gasteiger partial charge in [-0.1, -0.05) is 0 Å². The van der Waals surface area contributed by atoms with Crippen LogP contribution >= 0.6 is 0 Å². The van der Waals surface area contributed by atoms with Crippen molar-refractivity contribution in [2.75, 3.05) is 31.1 Å². The number of imidazole rings is 1. The minimum Gasteiger partial charge on any atom is -0.341 e. The number of fused-ring (bicyclic) bond motifs is 1. The lowest BCUT2D eigenvalue weighted by molar-refractivity contribution is 0.0701. The van der Waals surface area contributed by atoms with Crippen LogP contribution in [0, 0.1) is 0 Å². The van der Waals surface area contributed by atoms with Crippen molar-refractivity contribution in [3.05, 3.63) is 46.5 Å². The van der Waals surface area contributed by atoms with E-state index in [2.05, 4.69) is 43.7 Å². The van der Waals surface area contributed by atoms with Crippen LogP contribution in [0.15, 0.2) is 29.5 Å². The van der Waals surface area contributed by atoms with Crippen LogP contribution in [0.4, 0.5) is 5.95 Å². The Bertz CT molecular complexity index is 1050. The molecule has 4 rings (SSSR count). The highest BCUT2D eigenvalue weighted by Crippen LogP contribution is 2.28.